The monoisotopic (exact) mass is 479 g/mol. The van der Waals surface area contributed by atoms with Crippen molar-refractivity contribution in [1.82, 2.24) is 14.8 Å². The van der Waals surface area contributed by atoms with Crippen molar-refractivity contribution in [3.05, 3.63) is 24.7 Å². The first-order valence-corrected chi connectivity index (χ1v) is 13.7. The zero-order valence-corrected chi connectivity index (χ0v) is 21.7. The molecule has 0 unspecified atom stereocenters. The first-order valence-electron chi connectivity index (χ1n) is 13.7. The minimum absolute atomic E-state index is 0.00643. The Hall–Kier alpha value is -1.79. The van der Waals surface area contributed by atoms with Crippen molar-refractivity contribution >= 4 is 16.7 Å². The number of carbonyl (C=O) groups is 1. The van der Waals surface area contributed by atoms with E-state index < -0.39 is 5.60 Å². The summed E-state index contributed by atoms with van der Waals surface area (Å²) in [6.45, 7) is 7.20. The second-order valence-corrected chi connectivity index (χ2v) is 13.0. The van der Waals surface area contributed by atoms with Crippen LogP contribution in [-0.2, 0) is 16.1 Å². The average Bonchev–Trinajstić information content (AvgIpc) is 3.40. The third kappa shape index (κ3) is 3.46. The van der Waals surface area contributed by atoms with Gasteiger partial charge in [-0.05, 0) is 93.4 Å². The van der Waals surface area contributed by atoms with E-state index in [4.69, 9.17) is 4.74 Å². The van der Waals surface area contributed by atoms with E-state index in [1.54, 1.807) is 12.4 Å². The smallest absolute Gasteiger partial charge is 0.158 e. The summed E-state index contributed by atoms with van der Waals surface area (Å²) in [5.41, 5.74) is 0.550. The fourth-order valence-corrected chi connectivity index (χ4v) is 9.55. The Morgan fingerprint density at radius 1 is 1.14 bits per heavy atom. The van der Waals surface area contributed by atoms with Gasteiger partial charge in [0.15, 0.2) is 5.78 Å². The Balaban J connectivity index is 1.28. The molecule has 2 aromatic rings. The number of nitrogens with zero attached hydrogens (tertiary/aromatic N) is 3. The fraction of sp³-hybridized carbons (Fsp3) is 0.759. The molecule has 0 saturated heterocycles. The Morgan fingerprint density at radius 3 is 2.77 bits per heavy atom. The van der Waals surface area contributed by atoms with Crippen LogP contribution in [0.15, 0.2) is 24.7 Å². The Labute approximate surface area is 208 Å². The second-order valence-electron chi connectivity index (χ2n) is 13.0. The molecule has 2 heterocycles. The lowest BCUT2D eigenvalue weighted by Crippen LogP contribution is -2.60. The molecule has 6 nitrogen and oxygen atoms in total. The van der Waals surface area contributed by atoms with Crippen molar-refractivity contribution in [2.75, 3.05) is 7.11 Å². The third-order valence-electron chi connectivity index (χ3n) is 11.5. The molecule has 0 aliphatic heterocycles. The predicted molar refractivity (Wildman–Crippen MR) is 135 cm³/mol. The molecule has 2 aromatic heterocycles. The first-order chi connectivity index (χ1) is 16.7. The summed E-state index contributed by atoms with van der Waals surface area (Å²) in [7, 11) is 1.86. The predicted octanol–water partition coefficient (Wildman–Crippen LogP) is 5.04. The number of rotatable bonds is 4. The number of fused-ring (bicyclic) bond motifs is 6. The molecule has 1 N–H and O–H groups in total. The molecule has 0 amide bonds. The van der Waals surface area contributed by atoms with E-state index in [1.807, 2.05) is 31.0 Å². The number of hydrogen-bond acceptors (Lipinski definition) is 5. The molecular formula is C29H41N3O3. The van der Waals surface area contributed by atoms with E-state index in [0.29, 0.717) is 30.2 Å². The van der Waals surface area contributed by atoms with E-state index in [1.165, 1.54) is 12.8 Å². The van der Waals surface area contributed by atoms with Gasteiger partial charge in [0.1, 0.15) is 6.54 Å². The van der Waals surface area contributed by atoms with Crippen LogP contribution in [0.4, 0.5) is 0 Å². The van der Waals surface area contributed by atoms with Gasteiger partial charge in [-0.2, -0.15) is 5.10 Å². The Kier molecular flexibility index (Phi) is 5.47. The molecule has 0 radical (unpaired) electrons. The van der Waals surface area contributed by atoms with Crippen LogP contribution >= 0.6 is 0 Å². The number of methoxy groups -OCH3 is 1. The highest BCUT2D eigenvalue weighted by molar-refractivity contribution is 5.85. The van der Waals surface area contributed by atoms with Gasteiger partial charge in [0.05, 0.1) is 29.6 Å². The van der Waals surface area contributed by atoms with Crippen LogP contribution < -0.4 is 0 Å². The lowest BCUT2D eigenvalue weighted by molar-refractivity contribution is -0.188. The normalized spacial score (nSPS) is 45.1. The molecule has 9 atom stereocenters. The highest BCUT2D eigenvalue weighted by Gasteiger charge is 2.65. The van der Waals surface area contributed by atoms with Gasteiger partial charge in [0, 0.05) is 30.0 Å². The minimum Gasteiger partial charge on any atom is -0.390 e. The van der Waals surface area contributed by atoms with Crippen molar-refractivity contribution in [2.24, 2.45) is 40.4 Å². The van der Waals surface area contributed by atoms with Crippen LogP contribution in [0, 0.1) is 40.4 Å². The lowest BCUT2D eigenvalue weighted by atomic mass is 9.43. The van der Waals surface area contributed by atoms with Gasteiger partial charge in [-0.25, -0.2) is 0 Å². The summed E-state index contributed by atoms with van der Waals surface area (Å²) in [5.74, 6) is 2.69. The van der Waals surface area contributed by atoms with Crippen LogP contribution in [0.5, 0.6) is 0 Å². The topological polar surface area (TPSA) is 77.2 Å². The first kappa shape index (κ1) is 23.6. The molecule has 0 spiro atoms. The molecular weight excluding hydrogens is 438 g/mol. The van der Waals surface area contributed by atoms with Crippen LogP contribution in [-0.4, -0.2) is 44.5 Å². The van der Waals surface area contributed by atoms with Crippen molar-refractivity contribution in [1.29, 1.82) is 0 Å². The molecule has 4 aliphatic carbocycles. The maximum Gasteiger partial charge on any atom is 0.158 e. The largest absolute Gasteiger partial charge is 0.390 e. The van der Waals surface area contributed by atoms with E-state index in [9.17, 15) is 9.90 Å². The summed E-state index contributed by atoms with van der Waals surface area (Å²) in [5, 5.41) is 16.3. The summed E-state index contributed by atoms with van der Waals surface area (Å²) in [6, 6.07) is 1.94. The van der Waals surface area contributed by atoms with Crippen LogP contribution in [0.3, 0.4) is 0 Å². The number of Topliss-reactive ketones (excluding diaryl/α,β-unsaturated/α-hetero) is 1. The summed E-state index contributed by atoms with van der Waals surface area (Å²) in [4.78, 5) is 18.1. The van der Waals surface area contributed by atoms with Gasteiger partial charge in [0.2, 0.25) is 0 Å². The van der Waals surface area contributed by atoms with E-state index in [-0.39, 0.29) is 28.6 Å². The average molecular weight is 480 g/mol. The zero-order chi connectivity index (χ0) is 24.6. The molecule has 4 saturated carbocycles. The number of ketones is 1. The van der Waals surface area contributed by atoms with Gasteiger partial charge in [-0.1, -0.05) is 13.8 Å². The summed E-state index contributed by atoms with van der Waals surface area (Å²) < 4.78 is 8.10. The lowest BCUT2D eigenvalue weighted by Gasteiger charge is -2.63. The van der Waals surface area contributed by atoms with E-state index in [0.717, 1.165) is 49.4 Å². The maximum absolute atomic E-state index is 13.8. The molecule has 35 heavy (non-hydrogen) atoms. The van der Waals surface area contributed by atoms with Crippen LogP contribution in [0.2, 0.25) is 0 Å². The highest BCUT2D eigenvalue weighted by Crippen LogP contribution is 2.68. The standard InChI is InChI=1S/C29H41N3O3/c1-27(34)10-11-28(2)19(14-27)5-6-20-21-7-8-22(29(21,3)26(35-4)13-23(20)28)25(33)17-32-24-16-30-12-9-18(24)15-31-32/h9,12,15-16,19-23,26,34H,5-8,10-11,13-14,17H2,1-4H3/t19-,20-,21-,22+,23-,26+,27+,28-,29-/m0/s1. The molecule has 0 aromatic carbocycles. The van der Waals surface area contributed by atoms with Gasteiger partial charge < -0.3 is 9.84 Å². The fourth-order valence-electron chi connectivity index (χ4n) is 9.55. The molecule has 6 heteroatoms. The minimum atomic E-state index is -0.516. The number of hydrogen-bond donors (Lipinski definition) is 1. The SMILES string of the molecule is CO[C@@H]1C[C@H]2[C@@H](CC[C@H]3C[C@](C)(O)CC[C@@]32C)[C@@H]2CC[C@H](C(=O)Cn3ncc4ccncc43)[C@@]12C. The summed E-state index contributed by atoms with van der Waals surface area (Å²) in [6.07, 6.45) is 14.0. The second kappa shape index (κ2) is 8.11. The van der Waals surface area contributed by atoms with Gasteiger partial charge >= 0.3 is 0 Å². The van der Waals surface area contributed by atoms with Gasteiger partial charge in [-0.3, -0.25) is 14.5 Å². The van der Waals surface area contributed by atoms with Crippen LogP contribution in [0.1, 0.15) is 72.1 Å². The molecule has 4 fully saturated rings. The van der Waals surface area contributed by atoms with Crippen molar-refractivity contribution < 1.29 is 14.6 Å². The van der Waals surface area contributed by atoms with Crippen LogP contribution in [0.25, 0.3) is 10.9 Å². The maximum atomic E-state index is 13.8. The van der Waals surface area contributed by atoms with Crippen molar-refractivity contribution in [3.8, 4) is 0 Å². The van der Waals surface area contributed by atoms with Gasteiger partial charge in [-0.15, -0.1) is 0 Å². The summed E-state index contributed by atoms with van der Waals surface area (Å²) >= 11 is 0. The van der Waals surface area contributed by atoms with Crippen molar-refractivity contribution in [3.63, 3.8) is 0 Å². The molecule has 4 aliphatic rings. The highest BCUT2D eigenvalue weighted by atomic mass is 16.5. The van der Waals surface area contributed by atoms with E-state index >= 15 is 0 Å². The van der Waals surface area contributed by atoms with Gasteiger partial charge in [0.25, 0.3) is 0 Å². The number of carbonyl (C=O) groups excluding carboxylic acids is 1. The Morgan fingerprint density at radius 2 is 1.97 bits per heavy atom. The molecule has 190 valence electrons. The third-order valence-corrected chi connectivity index (χ3v) is 11.5. The quantitative estimate of drug-likeness (QED) is 0.665. The van der Waals surface area contributed by atoms with E-state index in [2.05, 4.69) is 23.9 Å². The Bertz CT molecular complexity index is 1130. The number of aliphatic hydroxyl groups is 1. The number of aromatic nitrogens is 3. The molecule has 0 bridgehead atoms. The number of pyridine rings is 1. The zero-order valence-electron chi connectivity index (χ0n) is 21.7. The molecule has 6 rings (SSSR count). The number of ether oxygens (including phenoxy) is 1. The van der Waals surface area contributed by atoms with Crippen molar-refractivity contribution in [2.45, 2.75) is 90.4 Å².